The molecule has 286 valence electrons. The highest BCUT2D eigenvalue weighted by Gasteiger charge is 2.29. The number of hydrogen-bond donors (Lipinski definition) is 5. The first-order valence-corrected chi connectivity index (χ1v) is 16.8. The van der Waals surface area contributed by atoms with Crippen molar-refractivity contribution in [3.63, 3.8) is 0 Å². The van der Waals surface area contributed by atoms with E-state index in [1.807, 2.05) is 33.8 Å². The van der Waals surface area contributed by atoms with Gasteiger partial charge in [-0.2, -0.15) is 0 Å². The molecule has 15 nitrogen and oxygen atoms in total. The summed E-state index contributed by atoms with van der Waals surface area (Å²) in [5.41, 5.74) is 19.2. The lowest BCUT2D eigenvalue weighted by atomic mass is 9.99. The number of aryl methyl sites for hydroxylation is 4. The number of hydrogen-bond acceptors (Lipinski definition) is 14. The number of nitrogens with two attached hydrogens (primary N) is 2. The minimum Gasteiger partial charge on any atom is -0.481 e. The molecule has 0 radical (unpaired) electrons. The van der Waals surface area contributed by atoms with E-state index in [2.05, 4.69) is 20.3 Å². The topological polar surface area (TPSA) is 239 Å². The monoisotopic (exact) mass is 753 g/mol. The highest BCUT2D eigenvalue weighted by Crippen LogP contribution is 2.40. The van der Waals surface area contributed by atoms with E-state index in [9.17, 15) is 9.59 Å². The summed E-state index contributed by atoms with van der Waals surface area (Å²) in [6, 6.07) is 7.11. The van der Waals surface area contributed by atoms with E-state index < -0.39 is 11.9 Å². The molecule has 0 spiro atoms. The zero-order chi connectivity index (χ0) is 38.3. The molecule has 53 heavy (non-hydrogen) atoms. The molecule has 3 heterocycles. The van der Waals surface area contributed by atoms with Crippen LogP contribution in [0.3, 0.4) is 0 Å². The molecule has 2 aromatic carbocycles. The van der Waals surface area contributed by atoms with Gasteiger partial charge < -0.3 is 44.8 Å². The summed E-state index contributed by atoms with van der Waals surface area (Å²) in [5.74, 6) is 2.85. The first-order chi connectivity index (χ1) is 24.9. The second-order valence-corrected chi connectivity index (χ2v) is 12.3. The lowest BCUT2D eigenvalue weighted by Gasteiger charge is -2.10. The first kappa shape index (κ1) is 42.0. The van der Waals surface area contributed by atoms with Gasteiger partial charge in [-0.1, -0.05) is 10.3 Å². The Bertz CT molecular complexity index is 2020. The number of anilines is 2. The number of aliphatic hydroxyl groups is 1. The van der Waals surface area contributed by atoms with E-state index in [4.69, 9.17) is 45.2 Å². The quantitative estimate of drug-likeness (QED) is 0.0495. The van der Waals surface area contributed by atoms with Crippen molar-refractivity contribution in [3.05, 3.63) is 64.1 Å². The summed E-state index contributed by atoms with van der Waals surface area (Å²) in [6.45, 7) is 9.92. The summed E-state index contributed by atoms with van der Waals surface area (Å²) in [5, 5.41) is 22.1. The highest BCUT2D eigenvalue weighted by atomic mass is 35.5. The number of carbonyl (C=O) groups is 2. The van der Waals surface area contributed by atoms with Gasteiger partial charge in [-0.3, -0.25) is 5.41 Å². The van der Waals surface area contributed by atoms with Gasteiger partial charge in [0, 0.05) is 30.1 Å². The van der Waals surface area contributed by atoms with Gasteiger partial charge in [0.25, 0.3) is 0 Å². The lowest BCUT2D eigenvalue weighted by molar-refractivity contribution is 0.0593. The van der Waals surface area contributed by atoms with Crippen LogP contribution in [-0.4, -0.2) is 71.2 Å². The third-order valence-corrected chi connectivity index (χ3v) is 8.48. The standard InChI is InChI=1S/C17H17N3O3.C13H15N3O3.C6H11NO.CH4O.ClH/c1-8-14(9(2)23-20-8)11-6-12(17(21)22-3)15-13(7-11)18-16(19-15)10-4-5-10;1-6-11(7(2)19-16-6)8-4-9(13(17)18-3)12(15)10(14)5-8;1-2-8-6(7)5-3-4-5;1-2;/h6-7,10H,4-5H2,1-3H3,(H,18,19);4-5H,14-15H2,1-3H3;5,7H,2-4H2,1H3;2H,1H3;1H. The van der Waals surface area contributed by atoms with Crippen LogP contribution in [0.15, 0.2) is 33.3 Å². The number of imidazole rings is 1. The van der Waals surface area contributed by atoms with Crippen molar-refractivity contribution in [2.75, 3.05) is 39.4 Å². The van der Waals surface area contributed by atoms with Gasteiger partial charge in [-0.05, 0) is 95.7 Å². The fraction of sp³-hybridized carbons (Fsp3) is 0.405. The molecule has 5 aromatic rings. The molecule has 0 atom stereocenters. The van der Waals surface area contributed by atoms with E-state index >= 15 is 0 Å². The smallest absolute Gasteiger partial charge is 0.340 e. The average molecular weight is 754 g/mol. The number of benzene rings is 2. The van der Waals surface area contributed by atoms with Crippen LogP contribution in [0, 0.1) is 39.0 Å². The number of nitrogens with zero attached hydrogens (tertiary/aromatic N) is 3. The van der Waals surface area contributed by atoms with Crippen LogP contribution in [-0.2, 0) is 14.2 Å². The maximum absolute atomic E-state index is 12.2. The number of aromatic amines is 1. The summed E-state index contributed by atoms with van der Waals surface area (Å²) in [6.07, 6.45) is 4.62. The Labute approximate surface area is 313 Å². The Balaban J connectivity index is 0.000000227. The molecular formula is C37H48ClN7O8. The van der Waals surface area contributed by atoms with Crippen molar-refractivity contribution in [1.29, 1.82) is 5.41 Å². The van der Waals surface area contributed by atoms with Crippen molar-refractivity contribution in [3.8, 4) is 22.3 Å². The average Bonchev–Trinajstić information content (AvgIpc) is 4.07. The molecule has 0 saturated heterocycles. The number of aromatic nitrogens is 4. The Morgan fingerprint density at radius 2 is 1.38 bits per heavy atom. The van der Waals surface area contributed by atoms with Crippen molar-refractivity contribution in [2.24, 2.45) is 5.92 Å². The molecular weight excluding hydrogens is 706 g/mol. The van der Waals surface area contributed by atoms with Crippen molar-refractivity contribution in [1.82, 2.24) is 20.3 Å². The first-order valence-electron chi connectivity index (χ1n) is 16.8. The summed E-state index contributed by atoms with van der Waals surface area (Å²) >= 11 is 0. The molecule has 16 heteroatoms. The number of nitrogen functional groups attached to an aromatic ring is 2. The van der Waals surface area contributed by atoms with Crippen molar-refractivity contribution in [2.45, 2.75) is 66.2 Å². The van der Waals surface area contributed by atoms with Gasteiger partial charge in [0.15, 0.2) is 5.90 Å². The third kappa shape index (κ3) is 9.73. The van der Waals surface area contributed by atoms with Gasteiger partial charge in [0.2, 0.25) is 0 Å². The van der Waals surface area contributed by atoms with E-state index in [1.54, 1.807) is 25.1 Å². The number of esters is 2. The second kappa shape index (κ2) is 18.4. The minimum atomic E-state index is -0.530. The lowest BCUT2D eigenvalue weighted by Crippen LogP contribution is -2.08. The van der Waals surface area contributed by atoms with Gasteiger partial charge in [-0.25, -0.2) is 14.6 Å². The van der Waals surface area contributed by atoms with E-state index in [0.717, 1.165) is 70.7 Å². The molecule has 2 saturated carbocycles. The van der Waals surface area contributed by atoms with Crippen LogP contribution < -0.4 is 11.5 Å². The zero-order valence-corrected chi connectivity index (χ0v) is 32.0. The Morgan fingerprint density at radius 1 is 0.868 bits per heavy atom. The van der Waals surface area contributed by atoms with Crippen molar-refractivity contribution < 1.29 is 38.0 Å². The van der Waals surface area contributed by atoms with Crippen molar-refractivity contribution >= 4 is 52.7 Å². The number of nitrogens with one attached hydrogen (secondary N) is 2. The number of H-pyrrole nitrogens is 1. The summed E-state index contributed by atoms with van der Waals surface area (Å²) < 4.78 is 24.9. The van der Waals surface area contributed by atoms with Crippen LogP contribution in [0.4, 0.5) is 11.4 Å². The van der Waals surface area contributed by atoms with Crippen LogP contribution in [0.2, 0.25) is 0 Å². The van der Waals surface area contributed by atoms with Gasteiger partial charge in [-0.15, -0.1) is 12.4 Å². The fourth-order valence-electron chi connectivity index (χ4n) is 5.60. The molecule has 0 amide bonds. The summed E-state index contributed by atoms with van der Waals surface area (Å²) in [7, 11) is 3.67. The predicted molar refractivity (Wildman–Crippen MR) is 203 cm³/mol. The van der Waals surface area contributed by atoms with Gasteiger partial charge in [0.1, 0.15) is 22.9 Å². The molecule has 2 fully saturated rings. The SMILES string of the molecule is CCOC(=N)C1CC1.CO.COC(=O)c1cc(-c2c(C)noc2C)cc(N)c1N.COC(=O)c1cc(-c2c(C)noc2C)cc2[nH]c(C3CC3)nc12.Cl. The van der Waals surface area contributed by atoms with Gasteiger partial charge >= 0.3 is 11.9 Å². The molecule has 7 N–H and O–H groups in total. The molecule has 2 aliphatic carbocycles. The number of fused-ring (bicyclic) bond motifs is 1. The molecule has 0 unspecified atom stereocenters. The number of aliphatic hydroxyl groups excluding tert-OH is 1. The van der Waals surface area contributed by atoms with E-state index in [1.165, 1.54) is 27.1 Å². The molecule has 7 rings (SSSR count). The Hall–Kier alpha value is -5.41. The molecule has 2 aliphatic rings. The molecule has 0 aliphatic heterocycles. The number of methoxy groups -OCH3 is 2. The predicted octanol–water partition coefficient (Wildman–Crippen LogP) is 6.85. The second-order valence-electron chi connectivity index (χ2n) is 12.3. The molecule has 3 aromatic heterocycles. The van der Waals surface area contributed by atoms with E-state index in [-0.39, 0.29) is 23.7 Å². The normalized spacial score (nSPS) is 12.8. The number of rotatable bonds is 7. The Morgan fingerprint density at radius 3 is 1.83 bits per heavy atom. The number of ether oxygens (including phenoxy) is 3. The fourth-order valence-corrected chi connectivity index (χ4v) is 5.60. The third-order valence-electron chi connectivity index (χ3n) is 8.48. The van der Waals surface area contributed by atoms with Crippen LogP contribution in [0.25, 0.3) is 33.3 Å². The van der Waals surface area contributed by atoms with E-state index in [0.29, 0.717) is 46.9 Å². The number of halogens is 1. The zero-order valence-electron chi connectivity index (χ0n) is 31.2. The largest absolute Gasteiger partial charge is 0.481 e. The summed E-state index contributed by atoms with van der Waals surface area (Å²) in [4.78, 5) is 31.8. The van der Waals surface area contributed by atoms with Gasteiger partial charge in [0.05, 0.1) is 60.2 Å². The Kier molecular flexibility index (Phi) is 14.6. The minimum absolute atomic E-state index is 0. The molecule has 0 bridgehead atoms. The maximum Gasteiger partial charge on any atom is 0.340 e. The maximum atomic E-state index is 12.2. The number of carbonyl (C=O) groups excluding carboxylic acids is 2. The van der Waals surface area contributed by atoms with Crippen LogP contribution in [0.5, 0.6) is 0 Å². The van der Waals surface area contributed by atoms with Crippen LogP contribution >= 0.6 is 12.4 Å². The highest BCUT2D eigenvalue weighted by molar-refractivity contribution is 6.04. The van der Waals surface area contributed by atoms with Crippen LogP contribution in [0.1, 0.15) is 88.0 Å².